The van der Waals surface area contributed by atoms with Gasteiger partial charge < -0.3 is 0 Å². The highest BCUT2D eigenvalue weighted by molar-refractivity contribution is 6.31. The molecule has 1 aliphatic heterocycles. The number of nitrogens with zero attached hydrogens (tertiary/aromatic N) is 2. The van der Waals surface area contributed by atoms with E-state index in [0.29, 0.717) is 12.3 Å². The Labute approximate surface area is 127 Å². The second-order valence-electron chi connectivity index (χ2n) is 6.22. The summed E-state index contributed by atoms with van der Waals surface area (Å²) in [5, 5.41) is 9.94. The molecule has 1 aliphatic rings. The predicted molar refractivity (Wildman–Crippen MR) is 83.5 cm³/mol. The first-order valence-corrected chi connectivity index (χ1v) is 7.78. The van der Waals surface area contributed by atoms with E-state index >= 15 is 0 Å². The third-order valence-electron chi connectivity index (χ3n) is 4.86. The van der Waals surface area contributed by atoms with Crippen molar-refractivity contribution in [2.75, 3.05) is 13.1 Å². The largest absolute Gasteiger partial charge is 0.299 e. The molecule has 0 saturated carbocycles. The topological polar surface area (TPSA) is 27.0 Å². The van der Waals surface area contributed by atoms with Gasteiger partial charge in [0.05, 0.1) is 6.07 Å². The van der Waals surface area contributed by atoms with Crippen molar-refractivity contribution < 1.29 is 0 Å². The molecule has 0 unspecified atom stereocenters. The first-order chi connectivity index (χ1) is 9.57. The molecule has 0 aromatic heterocycles. The molecule has 3 heteroatoms. The Bertz CT molecular complexity index is 482. The summed E-state index contributed by atoms with van der Waals surface area (Å²) in [5.41, 5.74) is 1.41. The van der Waals surface area contributed by atoms with Crippen LogP contribution in [0, 0.1) is 22.7 Å². The molecule has 2 nitrogen and oxygen atoms in total. The van der Waals surface area contributed by atoms with E-state index in [1.165, 1.54) is 5.56 Å². The summed E-state index contributed by atoms with van der Waals surface area (Å²) >= 11 is 6.23. The second-order valence-corrected chi connectivity index (χ2v) is 6.63. The summed E-state index contributed by atoms with van der Waals surface area (Å²) in [4.78, 5) is 2.46. The van der Waals surface area contributed by atoms with E-state index in [4.69, 9.17) is 16.9 Å². The molecule has 0 bridgehead atoms. The van der Waals surface area contributed by atoms with Crippen LogP contribution in [0.15, 0.2) is 24.3 Å². The van der Waals surface area contributed by atoms with Crippen molar-refractivity contribution in [3.63, 3.8) is 0 Å². The average molecular weight is 291 g/mol. The number of benzene rings is 1. The minimum absolute atomic E-state index is 0.214. The van der Waals surface area contributed by atoms with Crippen LogP contribution in [0.4, 0.5) is 0 Å². The highest BCUT2D eigenvalue weighted by atomic mass is 35.5. The van der Waals surface area contributed by atoms with Gasteiger partial charge in [-0.3, -0.25) is 4.90 Å². The second kappa shape index (κ2) is 6.61. The molecule has 0 aliphatic carbocycles. The normalized spacial score (nSPS) is 18.9. The van der Waals surface area contributed by atoms with E-state index in [2.05, 4.69) is 30.9 Å². The first kappa shape index (κ1) is 15.4. The minimum atomic E-state index is 0.214. The first-order valence-electron chi connectivity index (χ1n) is 7.40. The standard InChI is InChI=1S/C17H23ClN2/c1-14(2)17(7-10-19)8-11-20(12-9-17)13-15-5-3-4-6-16(15)18/h3-6,14H,7-9,11-13H2,1-2H3. The molecule has 1 aromatic rings. The quantitative estimate of drug-likeness (QED) is 0.817. The lowest BCUT2D eigenvalue weighted by Gasteiger charge is -2.43. The Morgan fingerprint density at radius 1 is 1.30 bits per heavy atom. The van der Waals surface area contributed by atoms with Crippen molar-refractivity contribution in [2.24, 2.45) is 11.3 Å². The number of rotatable bonds is 4. The van der Waals surface area contributed by atoms with Gasteiger partial charge in [-0.1, -0.05) is 43.6 Å². The SMILES string of the molecule is CC(C)C1(CC#N)CCN(Cc2ccccc2Cl)CC1. The Morgan fingerprint density at radius 2 is 1.95 bits per heavy atom. The third-order valence-corrected chi connectivity index (χ3v) is 5.23. The van der Waals surface area contributed by atoms with Crippen molar-refractivity contribution >= 4 is 11.6 Å². The molecule has 108 valence electrons. The maximum Gasteiger partial charge on any atom is 0.0627 e. The van der Waals surface area contributed by atoms with Gasteiger partial charge in [0, 0.05) is 18.0 Å². The van der Waals surface area contributed by atoms with Gasteiger partial charge in [0.25, 0.3) is 0 Å². The highest BCUT2D eigenvalue weighted by Gasteiger charge is 2.37. The van der Waals surface area contributed by atoms with Crippen LogP contribution in [0.1, 0.15) is 38.7 Å². The highest BCUT2D eigenvalue weighted by Crippen LogP contribution is 2.41. The van der Waals surface area contributed by atoms with Crippen LogP contribution in [0.2, 0.25) is 5.02 Å². The summed E-state index contributed by atoms with van der Waals surface area (Å²) in [6, 6.07) is 10.5. The maximum absolute atomic E-state index is 9.09. The molecule has 1 heterocycles. The molecular weight excluding hydrogens is 268 g/mol. The molecule has 20 heavy (non-hydrogen) atoms. The van der Waals surface area contributed by atoms with Crippen LogP contribution >= 0.6 is 11.6 Å². The molecule has 1 fully saturated rings. The fourth-order valence-corrected chi connectivity index (χ4v) is 3.34. The monoisotopic (exact) mass is 290 g/mol. The van der Waals surface area contributed by atoms with E-state index in [1.54, 1.807) is 0 Å². The summed E-state index contributed by atoms with van der Waals surface area (Å²) < 4.78 is 0. The van der Waals surface area contributed by atoms with Gasteiger partial charge in [0.2, 0.25) is 0 Å². The summed E-state index contributed by atoms with van der Waals surface area (Å²) in [6.07, 6.45) is 2.91. The van der Waals surface area contributed by atoms with Crippen LogP contribution in [0.5, 0.6) is 0 Å². The molecule has 1 aromatic carbocycles. The minimum Gasteiger partial charge on any atom is -0.299 e. The molecule has 0 radical (unpaired) electrons. The smallest absolute Gasteiger partial charge is 0.0627 e. The van der Waals surface area contributed by atoms with Gasteiger partial charge in [0.15, 0.2) is 0 Å². The number of piperidine rings is 1. The fourth-order valence-electron chi connectivity index (χ4n) is 3.14. The van der Waals surface area contributed by atoms with E-state index in [1.807, 2.05) is 18.2 Å². The van der Waals surface area contributed by atoms with Gasteiger partial charge in [-0.25, -0.2) is 0 Å². The Kier molecular flexibility index (Phi) is 5.07. The Balaban J connectivity index is 1.98. The zero-order chi connectivity index (χ0) is 14.6. The van der Waals surface area contributed by atoms with E-state index in [0.717, 1.165) is 37.5 Å². The predicted octanol–water partition coefficient (Wildman–Crippen LogP) is 4.49. The number of nitriles is 1. The lowest BCUT2D eigenvalue weighted by molar-refractivity contribution is 0.0617. The van der Waals surface area contributed by atoms with Gasteiger partial charge in [-0.2, -0.15) is 5.26 Å². The lowest BCUT2D eigenvalue weighted by Crippen LogP contribution is -2.42. The van der Waals surface area contributed by atoms with Crippen molar-refractivity contribution in [3.05, 3.63) is 34.9 Å². The Morgan fingerprint density at radius 3 is 2.50 bits per heavy atom. The number of halogens is 1. The summed E-state index contributed by atoms with van der Waals surface area (Å²) in [7, 11) is 0. The van der Waals surface area contributed by atoms with Crippen LogP contribution in [-0.2, 0) is 6.54 Å². The zero-order valence-electron chi connectivity index (χ0n) is 12.4. The fraction of sp³-hybridized carbons (Fsp3) is 0.588. The average Bonchev–Trinajstić information content (AvgIpc) is 2.43. The van der Waals surface area contributed by atoms with E-state index in [9.17, 15) is 0 Å². The van der Waals surface area contributed by atoms with Gasteiger partial charge in [0.1, 0.15) is 0 Å². The van der Waals surface area contributed by atoms with Crippen LogP contribution in [-0.4, -0.2) is 18.0 Å². The van der Waals surface area contributed by atoms with Gasteiger partial charge in [-0.05, 0) is 48.9 Å². The van der Waals surface area contributed by atoms with Gasteiger partial charge in [-0.15, -0.1) is 0 Å². The van der Waals surface area contributed by atoms with Crippen molar-refractivity contribution in [3.8, 4) is 6.07 Å². The molecule has 0 atom stereocenters. The van der Waals surface area contributed by atoms with Crippen molar-refractivity contribution in [1.29, 1.82) is 5.26 Å². The Hall–Kier alpha value is -1.04. The molecule has 2 rings (SSSR count). The summed E-state index contributed by atoms with van der Waals surface area (Å²) in [6.45, 7) is 7.54. The van der Waals surface area contributed by atoms with Crippen molar-refractivity contribution in [2.45, 2.75) is 39.7 Å². The molecule has 0 spiro atoms. The number of hydrogen-bond acceptors (Lipinski definition) is 2. The number of likely N-dealkylation sites (tertiary alicyclic amines) is 1. The molecule has 0 amide bonds. The van der Waals surface area contributed by atoms with Crippen LogP contribution in [0.25, 0.3) is 0 Å². The lowest BCUT2D eigenvalue weighted by atomic mass is 9.68. The zero-order valence-corrected chi connectivity index (χ0v) is 13.2. The van der Waals surface area contributed by atoms with Crippen molar-refractivity contribution in [1.82, 2.24) is 4.90 Å². The molecular formula is C17H23ClN2. The van der Waals surface area contributed by atoms with Crippen LogP contribution in [0.3, 0.4) is 0 Å². The van der Waals surface area contributed by atoms with Gasteiger partial charge >= 0.3 is 0 Å². The third kappa shape index (κ3) is 3.34. The maximum atomic E-state index is 9.09. The number of hydrogen-bond donors (Lipinski definition) is 0. The summed E-state index contributed by atoms with van der Waals surface area (Å²) in [5.74, 6) is 0.574. The van der Waals surface area contributed by atoms with Crippen LogP contribution < -0.4 is 0 Å². The molecule has 0 N–H and O–H groups in total. The van der Waals surface area contributed by atoms with E-state index < -0.39 is 0 Å². The molecule has 1 saturated heterocycles. The van der Waals surface area contributed by atoms with E-state index in [-0.39, 0.29) is 5.41 Å².